The number of nitrogens with one attached hydrogen (secondary N) is 1. The van der Waals surface area contributed by atoms with Crippen LogP contribution in [0.3, 0.4) is 0 Å². The molecule has 1 aromatic heterocycles. The molecule has 0 saturated carbocycles. The van der Waals surface area contributed by atoms with Crippen LogP contribution in [0.1, 0.15) is 42.7 Å². The standard InChI is InChI=1S/C18H20N2O5/c1-4-23-17(21)14-11-24-16(19-14)15(12(2)3)20-18(22)25-10-13-8-6-5-7-9-13/h5-9,11H,4,10H2,1-3H3,(H,20,22). The van der Waals surface area contributed by atoms with E-state index in [2.05, 4.69) is 10.3 Å². The second-order valence-electron chi connectivity index (χ2n) is 5.32. The summed E-state index contributed by atoms with van der Waals surface area (Å²) >= 11 is 0. The van der Waals surface area contributed by atoms with Crippen molar-refractivity contribution in [2.75, 3.05) is 6.61 Å². The molecule has 1 amide bonds. The Morgan fingerprint density at radius 1 is 1.16 bits per heavy atom. The maximum Gasteiger partial charge on any atom is 0.412 e. The molecule has 0 unspecified atom stereocenters. The lowest BCUT2D eigenvalue weighted by Gasteiger charge is -2.09. The topological polar surface area (TPSA) is 90.7 Å². The van der Waals surface area contributed by atoms with E-state index in [-0.39, 0.29) is 24.8 Å². The van der Waals surface area contributed by atoms with E-state index >= 15 is 0 Å². The van der Waals surface area contributed by atoms with Crippen molar-refractivity contribution in [3.05, 3.63) is 59.3 Å². The number of carbonyl (C=O) groups is 2. The number of amides is 1. The fourth-order valence-corrected chi connectivity index (χ4v) is 1.94. The molecule has 1 heterocycles. The van der Waals surface area contributed by atoms with Crippen molar-refractivity contribution in [2.45, 2.75) is 27.4 Å². The summed E-state index contributed by atoms with van der Waals surface area (Å²) in [6, 6.07) is 9.32. The Labute approximate surface area is 145 Å². The first-order chi connectivity index (χ1) is 12.0. The molecule has 0 radical (unpaired) electrons. The van der Waals surface area contributed by atoms with Crippen LogP contribution in [-0.2, 0) is 16.1 Å². The fourth-order valence-electron chi connectivity index (χ4n) is 1.94. The first-order valence-corrected chi connectivity index (χ1v) is 7.79. The minimum atomic E-state index is -0.643. The van der Waals surface area contributed by atoms with E-state index in [4.69, 9.17) is 13.9 Å². The number of hydrogen-bond acceptors (Lipinski definition) is 6. The van der Waals surface area contributed by atoms with E-state index in [1.807, 2.05) is 30.3 Å². The summed E-state index contributed by atoms with van der Waals surface area (Å²) in [5.41, 5.74) is 2.00. The van der Waals surface area contributed by atoms with Gasteiger partial charge in [-0.25, -0.2) is 14.6 Å². The van der Waals surface area contributed by atoms with Gasteiger partial charge < -0.3 is 13.9 Å². The number of rotatable bonds is 6. The molecule has 0 aliphatic heterocycles. The SMILES string of the molecule is CCOC(=O)c1coc(C(NC(=O)OCc2ccccc2)=C(C)C)n1. The molecule has 0 spiro atoms. The quantitative estimate of drug-likeness (QED) is 0.806. The van der Waals surface area contributed by atoms with Crippen molar-refractivity contribution in [3.63, 3.8) is 0 Å². The first kappa shape index (κ1) is 18.3. The van der Waals surface area contributed by atoms with Crippen LogP contribution in [-0.4, -0.2) is 23.7 Å². The van der Waals surface area contributed by atoms with Crippen molar-refractivity contribution in [1.82, 2.24) is 10.3 Å². The Kier molecular flexibility index (Phi) is 6.33. The highest BCUT2D eigenvalue weighted by Crippen LogP contribution is 2.16. The third-order valence-corrected chi connectivity index (χ3v) is 3.14. The van der Waals surface area contributed by atoms with Crippen LogP contribution in [0.5, 0.6) is 0 Å². The number of allylic oxidation sites excluding steroid dienone is 1. The smallest absolute Gasteiger partial charge is 0.412 e. The Balaban J connectivity index is 2.03. The van der Waals surface area contributed by atoms with Gasteiger partial charge in [0.2, 0.25) is 5.89 Å². The Bertz CT molecular complexity index is 761. The van der Waals surface area contributed by atoms with Crippen LogP contribution >= 0.6 is 0 Å². The first-order valence-electron chi connectivity index (χ1n) is 7.79. The summed E-state index contributed by atoms with van der Waals surface area (Å²) in [6.07, 6.45) is 0.545. The molecule has 2 rings (SSSR count). The number of benzene rings is 1. The normalized spacial score (nSPS) is 10.0. The molecule has 1 aromatic carbocycles. The highest BCUT2D eigenvalue weighted by molar-refractivity contribution is 5.88. The predicted octanol–water partition coefficient (Wildman–Crippen LogP) is 3.53. The van der Waals surface area contributed by atoms with Crippen molar-refractivity contribution in [2.24, 2.45) is 0 Å². The number of esters is 1. The molecule has 2 aromatic rings. The van der Waals surface area contributed by atoms with Crippen LogP contribution < -0.4 is 5.32 Å². The number of oxazole rings is 1. The molecule has 7 nitrogen and oxygen atoms in total. The Morgan fingerprint density at radius 3 is 2.52 bits per heavy atom. The molecule has 0 saturated heterocycles. The molecule has 0 atom stereocenters. The van der Waals surface area contributed by atoms with Gasteiger partial charge in [0.25, 0.3) is 0 Å². The van der Waals surface area contributed by atoms with E-state index in [9.17, 15) is 9.59 Å². The van der Waals surface area contributed by atoms with Gasteiger partial charge in [-0.05, 0) is 31.9 Å². The van der Waals surface area contributed by atoms with Gasteiger partial charge in [0.1, 0.15) is 18.6 Å². The van der Waals surface area contributed by atoms with E-state index in [0.717, 1.165) is 11.1 Å². The fraction of sp³-hybridized carbons (Fsp3) is 0.278. The minimum Gasteiger partial charge on any atom is -0.461 e. The highest BCUT2D eigenvalue weighted by Gasteiger charge is 2.18. The van der Waals surface area contributed by atoms with Crippen molar-refractivity contribution >= 4 is 17.8 Å². The molecule has 25 heavy (non-hydrogen) atoms. The lowest BCUT2D eigenvalue weighted by atomic mass is 10.2. The highest BCUT2D eigenvalue weighted by atomic mass is 16.5. The second kappa shape index (κ2) is 8.68. The summed E-state index contributed by atoms with van der Waals surface area (Å²) in [6.45, 7) is 5.63. The molecule has 0 bridgehead atoms. The predicted molar refractivity (Wildman–Crippen MR) is 90.5 cm³/mol. The number of carbonyl (C=O) groups excluding carboxylic acids is 2. The van der Waals surface area contributed by atoms with Crippen LogP contribution in [0.4, 0.5) is 4.79 Å². The third-order valence-electron chi connectivity index (χ3n) is 3.14. The average molecular weight is 344 g/mol. The number of aromatic nitrogens is 1. The summed E-state index contributed by atoms with van der Waals surface area (Å²) in [5.74, 6) is -0.475. The van der Waals surface area contributed by atoms with Gasteiger partial charge in [0.05, 0.1) is 6.61 Å². The minimum absolute atomic E-state index is 0.0371. The van der Waals surface area contributed by atoms with E-state index in [1.54, 1.807) is 20.8 Å². The molecule has 132 valence electrons. The zero-order valence-electron chi connectivity index (χ0n) is 14.4. The van der Waals surface area contributed by atoms with Crippen LogP contribution in [0.25, 0.3) is 5.70 Å². The van der Waals surface area contributed by atoms with Crippen LogP contribution in [0.2, 0.25) is 0 Å². The molecule has 7 heteroatoms. The van der Waals surface area contributed by atoms with Gasteiger partial charge in [-0.15, -0.1) is 0 Å². The largest absolute Gasteiger partial charge is 0.461 e. The Morgan fingerprint density at radius 2 is 1.88 bits per heavy atom. The van der Waals surface area contributed by atoms with Gasteiger partial charge in [-0.2, -0.15) is 0 Å². The summed E-state index contributed by atoms with van der Waals surface area (Å²) < 4.78 is 15.3. The second-order valence-corrected chi connectivity index (χ2v) is 5.32. The Hall–Kier alpha value is -3.09. The maximum atomic E-state index is 12.0. The molecule has 0 fully saturated rings. The molecule has 1 N–H and O–H groups in total. The van der Waals surface area contributed by atoms with E-state index in [0.29, 0.717) is 5.70 Å². The average Bonchev–Trinajstić information content (AvgIpc) is 3.08. The van der Waals surface area contributed by atoms with Gasteiger partial charge >= 0.3 is 12.1 Å². The number of ether oxygens (including phenoxy) is 2. The zero-order chi connectivity index (χ0) is 18.2. The van der Waals surface area contributed by atoms with Crippen molar-refractivity contribution < 1.29 is 23.5 Å². The van der Waals surface area contributed by atoms with Gasteiger partial charge in [-0.1, -0.05) is 30.3 Å². The number of nitrogens with zero attached hydrogens (tertiary/aromatic N) is 1. The molecule has 0 aliphatic rings. The molecule has 0 aliphatic carbocycles. The van der Waals surface area contributed by atoms with Crippen molar-refractivity contribution in [1.29, 1.82) is 0 Å². The van der Waals surface area contributed by atoms with Gasteiger partial charge in [0, 0.05) is 0 Å². The van der Waals surface area contributed by atoms with Crippen molar-refractivity contribution in [3.8, 4) is 0 Å². The third kappa shape index (κ3) is 5.20. The molecular formula is C18H20N2O5. The number of hydrogen-bond donors (Lipinski definition) is 1. The zero-order valence-corrected chi connectivity index (χ0v) is 14.4. The summed E-state index contributed by atoms with van der Waals surface area (Å²) in [5, 5.41) is 2.60. The van der Waals surface area contributed by atoms with E-state index < -0.39 is 12.1 Å². The molecular weight excluding hydrogens is 324 g/mol. The van der Waals surface area contributed by atoms with Crippen LogP contribution in [0.15, 0.2) is 46.6 Å². The number of alkyl carbamates (subject to hydrolysis) is 1. The monoisotopic (exact) mass is 344 g/mol. The lowest BCUT2D eigenvalue weighted by Crippen LogP contribution is -2.24. The van der Waals surface area contributed by atoms with Gasteiger partial charge in [-0.3, -0.25) is 5.32 Å². The summed E-state index contributed by atoms with van der Waals surface area (Å²) in [7, 11) is 0. The van der Waals surface area contributed by atoms with Crippen LogP contribution in [0, 0.1) is 0 Å². The van der Waals surface area contributed by atoms with Gasteiger partial charge in [0.15, 0.2) is 5.69 Å². The maximum absolute atomic E-state index is 12.0. The summed E-state index contributed by atoms with van der Waals surface area (Å²) in [4.78, 5) is 27.7. The lowest BCUT2D eigenvalue weighted by molar-refractivity contribution is 0.0519. The van der Waals surface area contributed by atoms with E-state index in [1.165, 1.54) is 6.26 Å².